The third-order valence-corrected chi connectivity index (χ3v) is 3.78. The molecule has 0 atom stereocenters. The van der Waals surface area contributed by atoms with Crippen LogP contribution in [-0.4, -0.2) is 27.2 Å². The number of hydrogen-bond donors (Lipinski definition) is 0. The van der Waals surface area contributed by atoms with Gasteiger partial charge in [-0.2, -0.15) is 5.06 Å². The average Bonchev–Trinajstić information content (AvgIpc) is 2.17. The van der Waals surface area contributed by atoms with E-state index in [9.17, 15) is 13.2 Å². The zero-order chi connectivity index (χ0) is 11.1. The van der Waals surface area contributed by atoms with Crippen molar-refractivity contribution in [2.24, 2.45) is 0 Å². The molecular formula is C9H9NO4S. The highest BCUT2D eigenvalue weighted by atomic mass is 32.2. The molecule has 1 aliphatic heterocycles. The largest absolute Gasteiger partial charge is 0.271 e. The number of rotatable bonds is 1. The molecule has 0 saturated carbocycles. The van der Waals surface area contributed by atoms with E-state index in [0.29, 0.717) is 0 Å². The fourth-order valence-corrected chi connectivity index (χ4v) is 2.87. The van der Waals surface area contributed by atoms with E-state index >= 15 is 0 Å². The van der Waals surface area contributed by atoms with Crippen LogP contribution >= 0.6 is 0 Å². The van der Waals surface area contributed by atoms with Crippen molar-refractivity contribution < 1.29 is 18.0 Å². The number of anilines is 1. The minimum atomic E-state index is -3.51. The zero-order valence-corrected chi connectivity index (χ0v) is 8.82. The number of nitrogens with zero attached hydrogens (tertiary/aromatic N) is 1. The van der Waals surface area contributed by atoms with Gasteiger partial charge in [-0.1, -0.05) is 12.1 Å². The van der Waals surface area contributed by atoms with Crippen molar-refractivity contribution in [3.63, 3.8) is 0 Å². The monoisotopic (exact) mass is 227 g/mol. The molecule has 0 spiro atoms. The summed E-state index contributed by atoms with van der Waals surface area (Å²) in [6.07, 6.45) is 0. The Morgan fingerprint density at radius 1 is 1.33 bits per heavy atom. The van der Waals surface area contributed by atoms with Crippen molar-refractivity contribution in [3.05, 3.63) is 24.3 Å². The topological polar surface area (TPSA) is 63.7 Å². The summed E-state index contributed by atoms with van der Waals surface area (Å²) in [7, 11) is -2.18. The van der Waals surface area contributed by atoms with Gasteiger partial charge in [0.1, 0.15) is 5.75 Å². The highest BCUT2D eigenvalue weighted by Gasteiger charge is 2.34. The molecule has 6 heteroatoms. The van der Waals surface area contributed by atoms with Crippen LogP contribution in [0, 0.1) is 0 Å². The van der Waals surface area contributed by atoms with Crippen LogP contribution in [0.1, 0.15) is 0 Å². The molecule has 0 N–H and O–H groups in total. The van der Waals surface area contributed by atoms with E-state index in [-0.39, 0.29) is 10.6 Å². The van der Waals surface area contributed by atoms with Gasteiger partial charge in [-0.25, -0.2) is 8.42 Å². The smallest absolute Gasteiger partial charge is 0.266 e. The Kier molecular flexibility index (Phi) is 2.24. The Morgan fingerprint density at radius 2 is 2.00 bits per heavy atom. The lowest BCUT2D eigenvalue weighted by Crippen LogP contribution is -2.39. The molecule has 1 aromatic rings. The first-order chi connectivity index (χ1) is 7.06. The summed E-state index contributed by atoms with van der Waals surface area (Å²) in [4.78, 5) is 16.4. The van der Waals surface area contributed by atoms with Gasteiger partial charge in [-0.15, -0.1) is 0 Å². The summed E-state index contributed by atoms with van der Waals surface area (Å²) in [6.45, 7) is 0. The van der Waals surface area contributed by atoms with Gasteiger partial charge in [-0.3, -0.25) is 9.63 Å². The molecule has 0 unspecified atom stereocenters. The van der Waals surface area contributed by atoms with Crippen molar-refractivity contribution in [2.75, 3.05) is 17.9 Å². The molecule has 1 amide bonds. The SMILES string of the molecule is CON1C(=O)CS(=O)(=O)c2ccccc21. The molecular weight excluding hydrogens is 218 g/mol. The van der Waals surface area contributed by atoms with Crippen LogP contribution < -0.4 is 5.06 Å². The van der Waals surface area contributed by atoms with Crippen molar-refractivity contribution in [1.29, 1.82) is 0 Å². The van der Waals surface area contributed by atoms with Gasteiger partial charge in [0.05, 0.1) is 17.7 Å². The Hall–Kier alpha value is -1.40. The number of fused-ring (bicyclic) bond motifs is 1. The minimum absolute atomic E-state index is 0.131. The summed E-state index contributed by atoms with van der Waals surface area (Å²) in [6, 6.07) is 6.26. The number of hydrogen-bond acceptors (Lipinski definition) is 4. The number of hydroxylamine groups is 1. The molecule has 1 aliphatic rings. The van der Waals surface area contributed by atoms with Crippen LogP contribution in [0.4, 0.5) is 5.69 Å². The van der Waals surface area contributed by atoms with E-state index in [1.807, 2.05) is 0 Å². The van der Waals surface area contributed by atoms with Gasteiger partial charge < -0.3 is 0 Å². The highest BCUT2D eigenvalue weighted by molar-refractivity contribution is 7.92. The molecule has 0 radical (unpaired) electrons. The molecule has 1 aromatic carbocycles. The van der Waals surface area contributed by atoms with E-state index in [2.05, 4.69) is 0 Å². The predicted octanol–water partition coefficient (Wildman–Crippen LogP) is 0.368. The third kappa shape index (κ3) is 1.51. The van der Waals surface area contributed by atoms with Crippen molar-refractivity contribution in [3.8, 4) is 0 Å². The van der Waals surface area contributed by atoms with Gasteiger partial charge >= 0.3 is 0 Å². The minimum Gasteiger partial charge on any atom is -0.271 e. The Bertz CT molecular complexity index is 509. The first-order valence-corrected chi connectivity index (χ1v) is 5.90. The molecule has 1 heterocycles. The summed E-state index contributed by atoms with van der Waals surface area (Å²) in [5, 5.41) is 0.996. The van der Waals surface area contributed by atoms with Crippen molar-refractivity contribution in [1.82, 2.24) is 0 Å². The Labute approximate surface area is 87.1 Å². The van der Waals surface area contributed by atoms with Crippen LogP contribution in [-0.2, 0) is 19.5 Å². The van der Waals surface area contributed by atoms with E-state index in [1.54, 1.807) is 12.1 Å². The number of amides is 1. The first-order valence-electron chi connectivity index (χ1n) is 4.25. The quantitative estimate of drug-likeness (QED) is 0.695. The van der Waals surface area contributed by atoms with E-state index in [4.69, 9.17) is 4.84 Å². The molecule has 0 aromatic heterocycles. The Balaban J connectivity index is 2.69. The number of sulfone groups is 1. The second kappa shape index (κ2) is 3.32. The van der Waals surface area contributed by atoms with Crippen molar-refractivity contribution in [2.45, 2.75) is 4.90 Å². The summed E-state index contributed by atoms with van der Waals surface area (Å²) in [5.74, 6) is -1.12. The molecule has 0 bridgehead atoms. The maximum absolute atomic E-state index is 11.6. The van der Waals surface area contributed by atoms with Crippen LogP contribution in [0.25, 0.3) is 0 Å². The lowest BCUT2D eigenvalue weighted by atomic mass is 10.3. The van der Waals surface area contributed by atoms with Crippen LogP contribution in [0.5, 0.6) is 0 Å². The van der Waals surface area contributed by atoms with E-state index in [0.717, 1.165) is 5.06 Å². The standard InChI is InChI=1S/C9H9NO4S/c1-14-10-7-4-2-3-5-8(7)15(12,13)6-9(10)11/h2-5H,6H2,1H3. The average molecular weight is 227 g/mol. The summed E-state index contributed by atoms with van der Waals surface area (Å²) in [5.41, 5.74) is 0.274. The number of carbonyl (C=O) groups excluding carboxylic acids is 1. The maximum atomic E-state index is 11.6. The fourth-order valence-electron chi connectivity index (χ4n) is 1.52. The Morgan fingerprint density at radius 3 is 2.67 bits per heavy atom. The highest BCUT2D eigenvalue weighted by Crippen LogP contribution is 2.30. The van der Waals surface area contributed by atoms with Gasteiger partial charge in [0.25, 0.3) is 5.91 Å². The maximum Gasteiger partial charge on any atom is 0.266 e. The predicted molar refractivity (Wildman–Crippen MR) is 53.0 cm³/mol. The molecule has 0 saturated heterocycles. The van der Waals surface area contributed by atoms with Gasteiger partial charge in [0.15, 0.2) is 9.84 Å². The number of carbonyl (C=O) groups is 1. The zero-order valence-electron chi connectivity index (χ0n) is 8.00. The molecule has 0 fully saturated rings. The molecule has 15 heavy (non-hydrogen) atoms. The first kappa shape index (κ1) is 10.1. The van der Waals surface area contributed by atoms with E-state index < -0.39 is 21.5 Å². The molecule has 2 rings (SSSR count). The van der Waals surface area contributed by atoms with Gasteiger partial charge in [-0.05, 0) is 12.1 Å². The van der Waals surface area contributed by atoms with Gasteiger partial charge in [0, 0.05) is 0 Å². The second-order valence-electron chi connectivity index (χ2n) is 3.10. The van der Waals surface area contributed by atoms with Crippen LogP contribution in [0.15, 0.2) is 29.2 Å². The number of para-hydroxylation sites is 1. The summed E-state index contributed by atoms with van der Waals surface area (Å²) < 4.78 is 23.3. The van der Waals surface area contributed by atoms with Crippen LogP contribution in [0.3, 0.4) is 0 Å². The fraction of sp³-hybridized carbons (Fsp3) is 0.222. The molecule has 0 aliphatic carbocycles. The number of benzene rings is 1. The normalized spacial score (nSPS) is 18.7. The van der Waals surface area contributed by atoms with Crippen LogP contribution in [0.2, 0.25) is 0 Å². The molecule has 5 nitrogen and oxygen atoms in total. The third-order valence-electron chi connectivity index (χ3n) is 2.14. The van der Waals surface area contributed by atoms with Gasteiger partial charge in [0.2, 0.25) is 0 Å². The van der Waals surface area contributed by atoms with E-state index in [1.165, 1.54) is 19.2 Å². The lowest BCUT2D eigenvalue weighted by Gasteiger charge is -2.26. The second-order valence-corrected chi connectivity index (χ2v) is 5.06. The van der Waals surface area contributed by atoms with Crippen molar-refractivity contribution >= 4 is 21.4 Å². The summed E-state index contributed by atoms with van der Waals surface area (Å²) >= 11 is 0. The lowest BCUT2D eigenvalue weighted by molar-refractivity contribution is -0.122. The molecule has 80 valence electrons.